The summed E-state index contributed by atoms with van der Waals surface area (Å²) in [4.78, 5) is 38.6. The zero-order valence-electron chi connectivity index (χ0n) is 17.5. The van der Waals surface area contributed by atoms with Crippen LogP contribution in [0.25, 0.3) is 10.2 Å². The van der Waals surface area contributed by atoms with Crippen molar-refractivity contribution >= 4 is 67.9 Å². The molecule has 166 valence electrons. The third-order valence-electron chi connectivity index (χ3n) is 4.27. The van der Waals surface area contributed by atoms with Crippen LogP contribution in [0.2, 0.25) is 0 Å². The first-order valence-corrected chi connectivity index (χ1v) is 11.9. The molecule has 2 amide bonds. The van der Waals surface area contributed by atoms with E-state index >= 15 is 0 Å². The number of aldehydes is 1. The molecular formula is C20H23N3O5S3. The van der Waals surface area contributed by atoms with E-state index in [1.54, 1.807) is 20.8 Å². The fourth-order valence-electron chi connectivity index (χ4n) is 2.88. The average molecular weight is 482 g/mol. The normalized spacial score (nSPS) is 12.5. The first-order chi connectivity index (χ1) is 14.6. The molecule has 0 fully saturated rings. The zero-order valence-corrected chi connectivity index (χ0v) is 19.9. The van der Waals surface area contributed by atoms with Crippen LogP contribution in [0.4, 0.5) is 14.6 Å². The highest BCUT2D eigenvalue weighted by atomic mass is 32.1. The van der Waals surface area contributed by atoms with Gasteiger partial charge in [-0.15, -0.1) is 22.7 Å². The van der Waals surface area contributed by atoms with E-state index in [1.807, 2.05) is 24.4 Å². The number of amides is 2. The Morgan fingerprint density at radius 1 is 1.39 bits per heavy atom. The summed E-state index contributed by atoms with van der Waals surface area (Å²) in [5.74, 6) is 0. The van der Waals surface area contributed by atoms with E-state index in [1.165, 1.54) is 27.6 Å². The van der Waals surface area contributed by atoms with Gasteiger partial charge in [0.25, 0.3) is 0 Å². The van der Waals surface area contributed by atoms with Crippen molar-refractivity contribution in [3.05, 3.63) is 32.8 Å². The lowest BCUT2D eigenvalue weighted by atomic mass is 10.1. The van der Waals surface area contributed by atoms with Gasteiger partial charge in [-0.2, -0.15) is 4.37 Å². The average Bonchev–Trinajstić information content (AvgIpc) is 3.37. The number of ether oxygens (including phenoxy) is 1. The monoisotopic (exact) mass is 481 g/mol. The molecule has 11 heteroatoms. The topological polar surface area (TPSA) is 109 Å². The second-order valence-electron chi connectivity index (χ2n) is 7.86. The number of aromatic nitrogens is 1. The molecule has 2 N–H and O–H groups in total. The largest absolute Gasteiger partial charge is 0.465 e. The number of hydrogen-bond acceptors (Lipinski definition) is 8. The highest BCUT2D eigenvalue weighted by Crippen LogP contribution is 2.41. The number of carbonyl (C=O) groups is 3. The molecule has 0 aromatic carbocycles. The number of alkyl carbamates (subject to hydrolysis) is 1. The predicted octanol–water partition coefficient (Wildman–Crippen LogP) is 5.05. The molecule has 3 rings (SSSR count). The van der Waals surface area contributed by atoms with Gasteiger partial charge in [0.1, 0.15) is 22.4 Å². The van der Waals surface area contributed by atoms with Gasteiger partial charge in [-0.3, -0.25) is 4.90 Å². The molecule has 3 aromatic rings. The van der Waals surface area contributed by atoms with Crippen LogP contribution in [-0.4, -0.2) is 39.6 Å². The molecule has 3 aromatic heterocycles. The summed E-state index contributed by atoms with van der Waals surface area (Å²) in [6, 6.07) is 3.01. The van der Waals surface area contributed by atoms with E-state index in [9.17, 15) is 19.5 Å². The molecule has 8 nitrogen and oxygen atoms in total. The van der Waals surface area contributed by atoms with E-state index in [0.717, 1.165) is 37.1 Å². The minimum atomic E-state index is -1.05. The fourth-order valence-corrected chi connectivity index (χ4v) is 5.94. The standard InChI is InChI=1S/C20H23N3O5S3/c1-11-14(8-12(10-24)21-18(25)28-20(2,3)4)30-16-15(11)22-31-17(16)23(19(26)27)9-13-6-5-7-29-13/h5-7,10,12H,8-9H2,1-4H3,(H,21,25)(H,26,27). The minimum Gasteiger partial charge on any atom is -0.465 e. The Morgan fingerprint density at radius 2 is 2.13 bits per heavy atom. The molecule has 1 unspecified atom stereocenters. The fraction of sp³-hybridized carbons (Fsp3) is 0.400. The molecule has 0 aliphatic rings. The van der Waals surface area contributed by atoms with Gasteiger partial charge in [-0.25, -0.2) is 9.59 Å². The molecule has 0 spiro atoms. The first kappa shape index (κ1) is 23.2. The van der Waals surface area contributed by atoms with Gasteiger partial charge in [0.2, 0.25) is 0 Å². The maximum Gasteiger partial charge on any atom is 0.412 e. The van der Waals surface area contributed by atoms with Crippen molar-refractivity contribution in [3.63, 3.8) is 0 Å². The van der Waals surface area contributed by atoms with E-state index in [4.69, 9.17) is 4.74 Å². The molecule has 3 heterocycles. The van der Waals surface area contributed by atoms with Crippen molar-refractivity contribution in [1.29, 1.82) is 0 Å². The van der Waals surface area contributed by atoms with Crippen molar-refractivity contribution < 1.29 is 24.2 Å². The number of carbonyl (C=O) groups excluding carboxylic acids is 2. The van der Waals surface area contributed by atoms with Gasteiger partial charge >= 0.3 is 12.2 Å². The quantitative estimate of drug-likeness (QED) is 0.457. The maximum absolute atomic E-state index is 12.0. The van der Waals surface area contributed by atoms with Gasteiger partial charge in [-0.1, -0.05) is 6.07 Å². The van der Waals surface area contributed by atoms with Crippen molar-refractivity contribution in [3.8, 4) is 0 Å². The molecule has 0 saturated heterocycles. The number of carboxylic acid groups (broad SMARTS) is 1. The van der Waals surface area contributed by atoms with Gasteiger partial charge in [-0.05, 0) is 56.2 Å². The highest BCUT2D eigenvalue weighted by molar-refractivity contribution is 7.25. The lowest BCUT2D eigenvalue weighted by Gasteiger charge is -2.21. The van der Waals surface area contributed by atoms with Crippen molar-refractivity contribution in [1.82, 2.24) is 9.69 Å². The smallest absolute Gasteiger partial charge is 0.412 e. The lowest BCUT2D eigenvalue weighted by molar-refractivity contribution is -0.109. The number of thiophene rings is 2. The summed E-state index contributed by atoms with van der Waals surface area (Å²) in [5.41, 5.74) is 0.932. The number of anilines is 1. The van der Waals surface area contributed by atoms with Gasteiger partial charge in [0, 0.05) is 16.2 Å². The van der Waals surface area contributed by atoms with Crippen LogP contribution in [0.15, 0.2) is 17.5 Å². The number of hydrogen-bond donors (Lipinski definition) is 2. The summed E-state index contributed by atoms with van der Waals surface area (Å²) >= 11 is 4.03. The Morgan fingerprint density at radius 3 is 2.71 bits per heavy atom. The van der Waals surface area contributed by atoms with Crippen molar-refractivity contribution in [2.24, 2.45) is 0 Å². The Bertz CT molecular complexity index is 1080. The third kappa shape index (κ3) is 5.60. The lowest BCUT2D eigenvalue weighted by Crippen LogP contribution is -2.41. The number of rotatable bonds is 7. The molecule has 31 heavy (non-hydrogen) atoms. The van der Waals surface area contributed by atoms with Crippen LogP contribution in [0.1, 0.15) is 36.1 Å². The Labute approximate surface area is 191 Å². The summed E-state index contributed by atoms with van der Waals surface area (Å²) in [7, 11) is 0. The zero-order chi connectivity index (χ0) is 22.8. The van der Waals surface area contributed by atoms with Crippen LogP contribution in [0.5, 0.6) is 0 Å². The molecule has 0 aliphatic carbocycles. The number of nitrogens with one attached hydrogen (secondary N) is 1. The Kier molecular flexibility index (Phi) is 6.97. The molecule has 0 saturated carbocycles. The SMILES string of the molecule is Cc1c(CC(C=O)NC(=O)OC(C)(C)C)sc2c(N(Cc3cccs3)C(=O)O)snc12. The van der Waals surface area contributed by atoms with Crippen molar-refractivity contribution in [2.45, 2.75) is 52.3 Å². The van der Waals surface area contributed by atoms with Gasteiger partial charge in [0.05, 0.1) is 17.3 Å². The van der Waals surface area contributed by atoms with E-state index < -0.39 is 23.8 Å². The first-order valence-electron chi connectivity index (χ1n) is 9.44. The summed E-state index contributed by atoms with van der Waals surface area (Å²) in [5, 5.41) is 14.8. The number of nitrogens with zero attached hydrogens (tertiary/aromatic N) is 2. The number of fused-ring (bicyclic) bond motifs is 1. The van der Waals surface area contributed by atoms with Crippen LogP contribution < -0.4 is 10.2 Å². The van der Waals surface area contributed by atoms with E-state index in [-0.39, 0.29) is 13.0 Å². The van der Waals surface area contributed by atoms with Crippen LogP contribution >= 0.6 is 34.2 Å². The summed E-state index contributed by atoms with van der Waals surface area (Å²) in [6.45, 7) is 7.37. The maximum atomic E-state index is 12.0. The molecule has 0 aliphatic heterocycles. The molecular weight excluding hydrogens is 458 g/mol. The van der Waals surface area contributed by atoms with Crippen LogP contribution in [-0.2, 0) is 22.5 Å². The minimum absolute atomic E-state index is 0.244. The second kappa shape index (κ2) is 9.33. The molecule has 0 radical (unpaired) electrons. The van der Waals surface area contributed by atoms with Crippen molar-refractivity contribution in [2.75, 3.05) is 4.90 Å². The Hall–Kier alpha value is -2.50. The highest BCUT2D eigenvalue weighted by Gasteiger charge is 2.26. The summed E-state index contributed by atoms with van der Waals surface area (Å²) < 4.78 is 10.4. The predicted molar refractivity (Wildman–Crippen MR) is 124 cm³/mol. The molecule has 1 atom stereocenters. The van der Waals surface area contributed by atoms with Gasteiger partial charge in [0.15, 0.2) is 0 Å². The third-order valence-corrected chi connectivity index (χ3v) is 7.44. The summed E-state index contributed by atoms with van der Waals surface area (Å²) in [6.07, 6.45) is -0.765. The van der Waals surface area contributed by atoms with Crippen LogP contribution in [0, 0.1) is 6.92 Å². The number of aryl methyl sites for hydroxylation is 1. The second-order valence-corrected chi connectivity index (χ2v) is 10.7. The molecule has 0 bridgehead atoms. The van der Waals surface area contributed by atoms with E-state index in [2.05, 4.69) is 9.69 Å². The Balaban J connectivity index is 1.84. The van der Waals surface area contributed by atoms with E-state index in [0.29, 0.717) is 11.3 Å². The van der Waals surface area contributed by atoms with Gasteiger partial charge < -0.3 is 20.0 Å². The van der Waals surface area contributed by atoms with Crippen LogP contribution in [0.3, 0.4) is 0 Å².